The monoisotopic (exact) mass is 317 g/mol. The van der Waals surface area contributed by atoms with E-state index in [4.69, 9.17) is 5.26 Å². The molecule has 3 aromatic rings. The van der Waals surface area contributed by atoms with Crippen LogP contribution in [0, 0.1) is 11.3 Å². The van der Waals surface area contributed by atoms with Crippen molar-refractivity contribution in [1.29, 1.82) is 5.26 Å². The summed E-state index contributed by atoms with van der Waals surface area (Å²) < 4.78 is 1.74. The Kier molecular flexibility index (Phi) is 4.34. The number of imidazole rings is 1. The van der Waals surface area contributed by atoms with E-state index in [1.165, 1.54) is 0 Å². The van der Waals surface area contributed by atoms with Gasteiger partial charge in [0.15, 0.2) is 0 Å². The van der Waals surface area contributed by atoms with Gasteiger partial charge < -0.3 is 5.32 Å². The molecule has 0 fully saturated rings. The SMILES string of the molecule is C[C@@H](NC(=O)c1ccnc(-n2ccnc2)c1)c1ccc(C#N)cc1. The Hall–Kier alpha value is -3.46. The Morgan fingerprint density at radius 3 is 2.71 bits per heavy atom. The number of nitriles is 1. The molecule has 0 saturated carbocycles. The maximum atomic E-state index is 12.5. The van der Waals surface area contributed by atoms with Crippen LogP contribution in [0.4, 0.5) is 0 Å². The van der Waals surface area contributed by atoms with Gasteiger partial charge in [-0.05, 0) is 36.8 Å². The molecular formula is C18H15N5O. The zero-order valence-corrected chi connectivity index (χ0v) is 13.0. The first-order valence-corrected chi connectivity index (χ1v) is 7.42. The van der Waals surface area contributed by atoms with Crippen molar-refractivity contribution in [1.82, 2.24) is 19.9 Å². The largest absolute Gasteiger partial charge is 0.346 e. The highest BCUT2D eigenvalue weighted by molar-refractivity contribution is 5.94. The Labute approximate surface area is 139 Å². The standard InChI is InChI=1S/C18H15N5O/c1-13(15-4-2-14(11-19)3-5-15)22-18(24)16-6-7-21-17(10-16)23-9-8-20-12-23/h2-10,12-13H,1H3,(H,22,24)/t13-/m1/s1. The van der Waals surface area contributed by atoms with E-state index >= 15 is 0 Å². The van der Waals surface area contributed by atoms with Gasteiger partial charge in [0, 0.05) is 24.2 Å². The van der Waals surface area contributed by atoms with Crippen LogP contribution in [0.5, 0.6) is 0 Å². The molecule has 0 unspecified atom stereocenters. The van der Waals surface area contributed by atoms with Crippen molar-refractivity contribution < 1.29 is 4.79 Å². The molecule has 0 aliphatic heterocycles. The molecule has 0 aliphatic rings. The lowest BCUT2D eigenvalue weighted by Crippen LogP contribution is -2.26. The number of nitrogens with one attached hydrogen (secondary N) is 1. The first-order chi connectivity index (χ1) is 11.7. The molecule has 1 atom stereocenters. The molecule has 118 valence electrons. The van der Waals surface area contributed by atoms with Crippen LogP contribution in [-0.4, -0.2) is 20.4 Å². The fraction of sp³-hybridized carbons (Fsp3) is 0.111. The van der Waals surface area contributed by atoms with Crippen molar-refractivity contribution >= 4 is 5.91 Å². The number of carbonyl (C=O) groups excluding carboxylic acids is 1. The van der Waals surface area contributed by atoms with Crippen LogP contribution < -0.4 is 5.32 Å². The van der Waals surface area contributed by atoms with Crippen LogP contribution in [0.15, 0.2) is 61.3 Å². The molecule has 0 spiro atoms. The number of pyridine rings is 1. The molecule has 2 heterocycles. The van der Waals surface area contributed by atoms with Crippen molar-refractivity contribution in [2.45, 2.75) is 13.0 Å². The third-order valence-electron chi connectivity index (χ3n) is 3.66. The average molecular weight is 317 g/mol. The van der Waals surface area contributed by atoms with E-state index < -0.39 is 0 Å². The number of rotatable bonds is 4. The van der Waals surface area contributed by atoms with Gasteiger partial charge in [-0.1, -0.05) is 12.1 Å². The van der Waals surface area contributed by atoms with E-state index in [-0.39, 0.29) is 11.9 Å². The Balaban J connectivity index is 1.74. The maximum Gasteiger partial charge on any atom is 0.251 e. The lowest BCUT2D eigenvalue weighted by Gasteiger charge is -2.14. The quantitative estimate of drug-likeness (QED) is 0.801. The molecule has 24 heavy (non-hydrogen) atoms. The third-order valence-corrected chi connectivity index (χ3v) is 3.66. The van der Waals surface area contributed by atoms with Crippen molar-refractivity contribution in [3.05, 3.63) is 78.0 Å². The summed E-state index contributed by atoms with van der Waals surface area (Å²) in [6, 6.07) is 12.4. The van der Waals surface area contributed by atoms with Gasteiger partial charge in [0.25, 0.3) is 5.91 Å². The van der Waals surface area contributed by atoms with Gasteiger partial charge in [-0.15, -0.1) is 0 Å². The van der Waals surface area contributed by atoms with Crippen molar-refractivity contribution in [2.24, 2.45) is 0 Å². The summed E-state index contributed by atoms with van der Waals surface area (Å²) >= 11 is 0. The molecule has 0 radical (unpaired) electrons. The molecule has 6 heteroatoms. The minimum atomic E-state index is -0.185. The molecule has 2 aromatic heterocycles. The normalized spacial score (nSPS) is 11.5. The number of benzene rings is 1. The Morgan fingerprint density at radius 1 is 1.25 bits per heavy atom. The zero-order valence-electron chi connectivity index (χ0n) is 13.0. The summed E-state index contributed by atoms with van der Waals surface area (Å²) in [4.78, 5) is 20.7. The highest BCUT2D eigenvalue weighted by Gasteiger charge is 2.12. The van der Waals surface area contributed by atoms with Crippen molar-refractivity contribution in [2.75, 3.05) is 0 Å². The van der Waals surface area contributed by atoms with E-state index in [1.807, 2.05) is 19.1 Å². The highest BCUT2D eigenvalue weighted by Crippen LogP contribution is 2.14. The van der Waals surface area contributed by atoms with Crippen molar-refractivity contribution in [3.63, 3.8) is 0 Å². The first kappa shape index (κ1) is 15.4. The maximum absolute atomic E-state index is 12.5. The highest BCUT2D eigenvalue weighted by atomic mass is 16.1. The molecule has 3 rings (SSSR count). The number of amides is 1. The van der Waals surface area contributed by atoms with Crippen LogP contribution in [0.1, 0.15) is 34.5 Å². The second-order valence-electron chi connectivity index (χ2n) is 5.30. The van der Waals surface area contributed by atoms with Gasteiger partial charge >= 0.3 is 0 Å². The fourth-order valence-electron chi connectivity index (χ4n) is 2.31. The van der Waals surface area contributed by atoms with E-state index in [0.29, 0.717) is 16.9 Å². The average Bonchev–Trinajstić information content (AvgIpc) is 3.16. The van der Waals surface area contributed by atoms with Gasteiger partial charge in [-0.3, -0.25) is 9.36 Å². The topological polar surface area (TPSA) is 83.6 Å². The van der Waals surface area contributed by atoms with Gasteiger partial charge in [0.1, 0.15) is 12.1 Å². The predicted molar refractivity (Wildman–Crippen MR) is 88.4 cm³/mol. The minimum Gasteiger partial charge on any atom is -0.346 e. The molecule has 1 N–H and O–H groups in total. The second kappa shape index (κ2) is 6.75. The minimum absolute atomic E-state index is 0.171. The molecule has 1 aromatic carbocycles. The van der Waals surface area contributed by atoms with Crippen LogP contribution in [0.2, 0.25) is 0 Å². The Bertz CT molecular complexity index is 879. The molecule has 0 saturated heterocycles. The summed E-state index contributed by atoms with van der Waals surface area (Å²) in [5.41, 5.74) is 2.05. The van der Waals surface area contributed by atoms with E-state index in [2.05, 4.69) is 21.4 Å². The Morgan fingerprint density at radius 2 is 2.04 bits per heavy atom. The summed E-state index contributed by atoms with van der Waals surface area (Å²) in [5, 5.41) is 11.8. The van der Waals surface area contributed by atoms with Gasteiger partial charge in [0.05, 0.1) is 17.7 Å². The summed E-state index contributed by atoms with van der Waals surface area (Å²) in [5.74, 6) is 0.446. The number of carbonyl (C=O) groups is 1. The predicted octanol–water partition coefficient (Wildman–Crippen LogP) is 2.63. The van der Waals surface area contributed by atoms with Crippen LogP contribution in [0.25, 0.3) is 5.82 Å². The molecule has 0 bridgehead atoms. The van der Waals surface area contributed by atoms with E-state index in [0.717, 1.165) is 5.56 Å². The molecule has 1 amide bonds. The van der Waals surface area contributed by atoms with Crippen molar-refractivity contribution in [3.8, 4) is 11.9 Å². The molecule has 6 nitrogen and oxygen atoms in total. The van der Waals surface area contributed by atoms with Crippen LogP contribution in [0.3, 0.4) is 0 Å². The smallest absolute Gasteiger partial charge is 0.251 e. The molecular weight excluding hydrogens is 302 g/mol. The lowest BCUT2D eigenvalue weighted by atomic mass is 10.1. The van der Waals surface area contributed by atoms with E-state index in [1.54, 1.807) is 53.8 Å². The van der Waals surface area contributed by atoms with E-state index in [9.17, 15) is 4.79 Å². The van der Waals surface area contributed by atoms with Gasteiger partial charge in [0.2, 0.25) is 0 Å². The number of nitrogens with zero attached hydrogens (tertiary/aromatic N) is 4. The zero-order chi connectivity index (χ0) is 16.9. The summed E-state index contributed by atoms with van der Waals surface area (Å²) in [6.07, 6.45) is 6.64. The summed E-state index contributed by atoms with van der Waals surface area (Å²) in [7, 11) is 0. The van der Waals surface area contributed by atoms with Gasteiger partial charge in [-0.25, -0.2) is 9.97 Å². The number of aromatic nitrogens is 3. The lowest BCUT2D eigenvalue weighted by molar-refractivity contribution is 0.0939. The second-order valence-corrected chi connectivity index (χ2v) is 5.30. The van der Waals surface area contributed by atoms with Crippen LogP contribution in [-0.2, 0) is 0 Å². The first-order valence-electron chi connectivity index (χ1n) is 7.42. The summed E-state index contributed by atoms with van der Waals surface area (Å²) in [6.45, 7) is 1.90. The van der Waals surface area contributed by atoms with Gasteiger partial charge in [-0.2, -0.15) is 5.26 Å². The third kappa shape index (κ3) is 3.31. The number of hydrogen-bond acceptors (Lipinski definition) is 4. The number of hydrogen-bond donors (Lipinski definition) is 1. The van der Waals surface area contributed by atoms with Crippen LogP contribution >= 0.6 is 0 Å². The fourth-order valence-corrected chi connectivity index (χ4v) is 2.31. The molecule has 0 aliphatic carbocycles.